The lowest BCUT2D eigenvalue weighted by Crippen LogP contribution is -2.37. The fourth-order valence-corrected chi connectivity index (χ4v) is 5.35. The molecule has 10 heteroatoms. The number of anilines is 1. The number of amides is 2. The number of carbonyl (C=O) groups excluding carboxylic acids is 3. The lowest BCUT2D eigenvalue weighted by molar-refractivity contribution is -0.126. The van der Waals surface area contributed by atoms with Crippen molar-refractivity contribution >= 4 is 50.7 Å². The van der Waals surface area contributed by atoms with Crippen molar-refractivity contribution in [2.24, 2.45) is 11.7 Å². The fourth-order valence-electron chi connectivity index (χ4n) is 4.48. The predicted molar refractivity (Wildman–Crippen MR) is 148 cm³/mol. The number of rotatable bonds is 12. The smallest absolute Gasteiger partial charge is 0.280 e. The molecule has 4 N–H and O–H groups in total. The normalized spacial score (nSPS) is 15.9. The number of nitrogens with two attached hydrogens (primary N) is 1. The summed E-state index contributed by atoms with van der Waals surface area (Å²) in [5.41, 5.74) is 7.57. The number of carbonyl (C=O) groups is 3. The lowest BCUT2D eigenvalue weighted by atomic mass is 9.97. The number of amidine groups is 1. The van der Waals surface area contributed by atoms with Crippen LogP contribution in [-0.2, 0) is 14.3 Å². The minimum atomic E-state index is -0.561. The van der Waals surface area contributed by atoms with Crippen molar-refractivity contribution in [1.29, 1.82) is 5.41 Å². The number of Topliss-reactive ketones (excluding diaryl/α,β-unsaturated/α-hetero) is 1. The van der Waals surface area contributed by atoms with E-state index in [-0.39, 0.29) is 42.2 Å². The maximum Gasteiger partial charge on any atom is 0.280 e. The van der Waals surface area contributed by atoms with E-state index in [1.54, 1.807) is 29.2 Å². The first-order valence-corrected chi connectivity index (χ1v) is 13.3. The summed E-state index contributed by atoms with van der Waals surface area (Å²) in [4.78, 5) is 44.8. The third-order valence-electron chi connectivity index (χ3n) is 6.50. The number of nitrogens with zero attached hydrogens (tertiary/aromatic N) is 2. The number of nitrogens with one attached hydrogen (secondary N) is 2. The standard InChI is InChI=1S/C28H31N5O4S/c1-3-37-17(2)22(31-26(35)27-32-23-6-4-5-7-24(23)38-27)13-12-21(34)16-19-14-15-33(28(19)36)20-10-8-18(9-11-20)25(29)30/h4-11,19,22H,2-3,12-16H2,1H3,(H3,29,30)(H,31,35). The summed E-state index contributed by atoms with van der Waals surface area (Å²) in [6.45, 7) is 6.68. The van der Waals surface area contributed by atoms with Gasteiger partial charge in [-0.15, -0.1) is 11.3 Å². The fraction of sp³-hybridized carbons (Fsp3) is 0.321. The minimum Gasteiger partial charge on any atom is -0.497 e. The second-order valence-electron chi connectivity index (χ2n) is 9.13. The molecule has 3 aromatic rings. The number of ether oxygens (including phenoxy) is 1. The summed E-state index contributed by atoms with van der Waals surface area (Å²) >= 11 is 1.30. The molecule has 2 atom stereocenters. The maximum absolute atomic E-state index is 13.0. The van der Waals surface area contributed by atoms with Crippen LogP contribution in [0.25, 0.3) is 10.2 Å². The molecular weight excluding hydrogens is 502 g/mol. The van der Waals surface area contributed by atoms with Gasteiger partial charge in [0.1, 0.15) is 17.4 Å². The van der Waals surface area contributed by atoms with Gasteiger partial charge < -0.3 is 20.7 Å². The second-order valence-corrected chi connectivity index (χ2v) is 10.2. The average molecular weight is 534 g/mol. The topological polar surface area (TPSA) is 138 Å². The van der Waals surface area contributed by atoms with E-state index in [9.17, 15) is 14.4 Å². The highest BCUT2D eigenvalue weighted by Gasteiger charge is 2.34. The molecular formula is C28H31N5O4S. The lowest BCUT2D eigenvalue weighted by Gasteiger charge is -2.20. The van der Waals surface area contributed by atoms with Crippen LogP contribution >= 0.6 is 11.3 Å². The zero-order valence-corrected chi connectivity index (χ0v) is 22.1. The number of ketones is 1. The summed E-state index contributed by atoms with van der Waals surface area (Å²) in [6.07, 6.45) is 1.21. The molecule has 2 amide bonds. The molecule has 1 fully saturated rings. The summed E-state index contributed by atoms with van der Waals surface area (Å²) in [5, 5.41) is 10.8. The van der Waals surface area contributed by atoms with Crippen LogP contribution in [0.5, 0.6) is 0 Å². The van der Waals surface area contributed by atoms with Crippen LogP contribution in [0.15, 0.2) is 60.9 Å². The van der Waals surface area contributed by atoms with E-state index < -0.39 is 6.04 Å². The van der Waals surface area contributed by atoms with Gasteiger partial charge in [0, 0.05) is 36.6 Å². The van der Waals surface area contributed by atoms with E-state index in [1.165, 1.54) is 11.3 Å². The SMILES string of the molecule is C=C(OCC)C(CCC(=O)CC1CCN(c2ccc(C(=N)N)cc2)C1=O)NC(=O)c1nc2ccccc2s1. The van der Waals surface area contributed by atoms with Crippen LogP contribution in [0.3, 0.4) is 0 Å². The third-order valence-corrected chi connectivity index (χ3v) is 7.54. The molecule has 4 rings (SSSR count). The summed E-state index contributed by atoms with van der Waals surface area (Å²) in [5.74, 6) is -0.530. The van der Waals surface area contributed by atoms with Gasteiger partial charge in [-0.2, -0.15) is 0 Å². The molecule has 0 radical (unpaired) electrons. The maximum atomic E-state index is 13.0. The summed E-state index contributed by atoms with van der Waals surface area (Å²) in [6, 6.07) is 13.9. The number of benzene rings is 2. The monoisotopic (exact) mass is 533 g/mol. The van der Waals surface area contributed by atoms with Crippen molar-refractivity contribution in [3.8, 4) is 0 Å². The molecule has 0 saturated carbocycles. The van der Waals surface area contributed by atoms with Gasteiger partial charge >= 0.3 is 0 Å². The Morgan fingerprint density at radius 2 is 2.00 bits per heavy atom. The number of hydrogen-bond acceptors (Lipinski definition) is 7. The molecule has 1 aliphatic heterocycles. The molecule has 1 saturated heterocycles. The van der Waals surface area contributed by atoms with E-state index in [4.69, 9.17) is 15.9 Å². The highest BCUT2D eigenvalue weighted by atomic mass is 32.1. The van der Waals surface area contributed by atoms with Crippen molar-refractivity contribution in [3.63, 3.8) is 0 Å². The van der Waals surface area contributed by atoms with E-state index in [1.807, 2.05) is 31.2 Å². The van der Waals surface area contributed by atoms with Gasteiger partial charge in [0.2, 0.25) is 5.91 Å². The van der Waals surface area contributed by atoms with Gasteiger partial charge in [0.25, 0.3) is 5.91 Å². The molecule has 1 aliphatic rings. The zero-order valence-electron chi connectivity index (χ0n) is 21.2. The van der Waals surface area contributed by atoms with Gasteiger partial charge in [-0.3, -0.25) is 19.8 Å². The molecule has 0 aliphatic carbocycles. The van der Waals surface area contributed by atoms with Crippen LogP contribution in [0.2, 0.25) is 0 Å². The summed E-state index contributed by atoms with van der Waals surface area (Å²) < 4.78 is 6.46. The number of nitrogen functional groups attached to an aromatic ring is 1. The first-order chi connectivity index (χ1) is 18.3. The largest absolute Gasteiger partial charge is 0.497 e. The molecule has 198 valence electrons. The Kier molecular flexibility index (Phi) is 8.52. The quantitative estimate of drug-likeness (QED) is 0.183. The van der Waals surface area contributed by atoms with Crippen molar-refractivity contribution < 1.29 is 19.1 Å². The van der Waals surface area contributed by atoms with Crippen LogP contribution in [0.4, 0.5) is 5.69 Å². The Bertz CT molecular complexity index is 1330. The Morgan fingerprint density at radius 3 is 2.68 bits per heavy atom. The molecule has 2 unspecified atom stereocenters. The summed E-state index contributed by atoms with van der Waals surface area (Å²) in [7, 11) is 0. The number of thiazole rings is 1. The van der Waals surface area contributed by atoms with Crippen molar-refractivity contribution in [3.05, 3.63) is 71.4 Å². The zero-order chi connectivity index (χ0) is 27.2. The van der Waals surface area contributed by atoms with Gasteiger partial charge in [0.15, 0.2) is 5.01 Å². The minimum absolute atomic E-state index is 0.0330. The van der Waals surface area contributed by atoms with Crippen molar-refractivity contribution in [1.82, 2.24) is 10.3 Å². The van der Waals surface area contributed by atoms with E-state index in [0.717, 1.165) is 15.9 Å². The number of aromatic nitrogens is 1. The van der Waals surface area contributed by atoms with E-state index >= 15 is 0 Å². The highest BCUT2D eigenvalue weighted by Crippen LogP contribution is 2.28. The molecule has 0 bridgehead atoms. The molecule has 0 spiro atoms. The Morgan fingerprint density at radius 1 is 1.26 bits per heavy atom. The Balaban J connectivity index is 1.34. The highest BCUT2D eigenvalue weighted by molar-refractivity contribution is 7.20. The second kappa shape index (κ2) is 12.0. The third kappa shape index (κ3) is 6.25. The number of para-hydroxylation sites is 1. The first-order valence-electron chi connectivity index (χ1n) is 12.5. The van der Waals surface area contributed by atoms with Gasteiger partial charge in [-0.25, -0.2) is 4.98 Å². The average Bonchev–Trinajstić information content (AvgIpc) is 3.50. The van der Waals surface area contributed by atoms with Gasteiger partial charge in [-0.1, -0.05) is 18.7 Å². The molecule has 2 aromatic carbocycles. The number of fused-ring (bicyclic) bond motifs is 1. The molecule has 1 aromatic heterocycles. The first kappa shape index (κ1) is 27.0. The number of hydrogen-bond donors (Lipinski definition) is 3. The van der Waals surface area contributed by atoms with Crippen molar-refractivity contribution in [2.75, 3.05) is 18.1 Å². The predicted octanol–water partition coefficient (Wildman–Crippen LogP) is 4.02. The van der Waals surface area contributed by atoms with Gasteiger partial charge in [0.05, 0.1) is 22.9 Å². The van der Waals surface area contributed by atoms with Crippen LogP contribution in [0, 0.1) is 11.3 Å². The molecule has 2 heterocycles. The van der Waals surface area contributed by atoms with Crippen molar-refractivity contribution in [2.45, 2.75) is 38.6 Å². The van der Waals surface area contributed by atoms with Gasteiger partial charge in [-0.05, 0) is 56.2 Å². The van der Waals surface area contributed by atoms with E-state index in [2.05, 4.69) is 16.9 Å². The van der Waals surface area contributed by atoms with E-state index in [0.29, 0.717) is 42.3 Å². The molecule has 9 nitrogen and oxygen atoms in total. The Hall–Kier alpha value is -4.05. The van der Waals surface area contributed by atoms with Crippen LogP contribution < -0.4 is 16.0 Å². The van der Waals surface area contributed by atoms with Crippen LogP contribution in [-0.4, -0.2) is 47.6 Å². The molecule has 38 heavy (non-hydrogen) atoms. The van der Waals surface area contributed by atoms with Crippen LogP contribution in [0.1, 0.15) is 48.0 Å². The Labute approximate surface area is 225 Å².